The van der Waals surface area contributed by atoms with E-state index in [1.54, 1.807) is 65.5 Å². The number of nitrogens with two attached hydrogens (primary N) is 1. The Labute approximate surface area is 508 Å². The van der Waals surface area contributed by atoms with Crippen LogP contribution >= 0.6 is 68.0 Å². The number of hydrogen-bond acceptors (Lipinski definition) is 23. The zero-order valence-electron chi connectivity index (χ0n) is 45.5. The Bertz CT molecular complexity index is 3850. The quantitative estimate of drug-likeness (QED) is 0.0845. The first-order valence-electron chi connectivity index (χ1n) is 26.3. The van der Waals surface area contributed by atoms with Crippen LogP contribution in [0.15, 0.2) is 69.4 Å². The molecule has 0 unspecified atom stereocenters. The van der Waals surface area contributed by atoms with Crippen LogP contribution in [0, 0.1) is 12.8 Å². The van der Waals surface area contributed by atoms with Gasteiger partial charge in [-0.25, -0.2) is 34.9 Å². The monoisotopic (exact) mass is 1260 g/mol. The molecule has 1 fully saturated rings. The molecule has 0 saturated carbocycles. The van der Waals surface area contributed by atoms with E-state index < -0.39 is 96.7 Å². The van der Waals surface area contributed by atoms with Crippen molar-refractivity contribution in [3.05, 3.63) is 118 Å². The van der Waals surface area contributed by atoms with Crippen LogP contribution in [-0.4, -0.2) is 136 Å². The van der Waals surface area contributed by atoms with E-state index in [2.05, 4.69) is 46.9 Å². The summed E-state index contributed by atoms with van der Waals surface area (Å²) in [5, 5.41) is 48.5. The standard InChI is InChI=1S/C54H53N15O10S6/c1-23(2)38-52-64-31(19-83-52)44(75)57-16-37(72)66-41(42(73)25-9-6-5-7-10-25)53-65-34(22-84-53)50-61-30(18-81-50)40-26(48-62-32(20-80-48)45(76)59-28(15-36(71)56-4)51-68-39(24(3)85-51)47(78)67-38)12-13-27(58-40)49-63-33(21-82-49)46(77)60-29(17-70)54(79)69-14-8-11-35(69)43(55)74/h5-7,9-10,12-13,18-23,28-29,35,38,41-42,70,73H,8,11,14-17H2,1-4H3,(H2,55,74)(H,56,71)(H,57,75)(H,59,76)(H,60,77)(H,66,72)(H,67,78)/t28-,29+,35+,38+,41+,42+/m1/s1. The average Bonchev–Trinajstić information content (AvgIpc) is 4.32. The van der Waals surface area contributed by atoms with E-state index in [0.29, 0.717) is 66.0 Å². The van der Waals surface area contributed by atoms with Crippen LogP contribution in [-0.2, 0) is 19.2 Å². The van der Waals surface area contributed by atoms with Crippen molar-refractivity contribution in [1.82, 2.24) is 71.7 Å². The molecule has 85 heavy (non-hydrogen) atoms. The number of pyridine rings is 1. The number of aryl methyl sites for hydroxylation is 1. The minimum Gasteiger partial charge on any atom is -0.394 e. The number of hydrogen-bond donors (Lipinski definition) is 9. The van der Waals surface area contributed by atoms with Crippen molar-refractivity contribution in [3.8, 4) is 43.4 Å². The number of aliphatic hydroxyl groups is 2. The number of fused-ring (bicyclic) bond motifs is 14. The molecule has 31 heteroatoms. The molecule has 6 atom stereocenters. The number of rotatable bonds is 11. The highest BCUT2D eigenvalue weighted by atomic mass is 32.1. The maximum atomic E-state index is 14.3. The van der Waals surface area contributed by atoms with Crippen LogP contribution < -0.4 is 37.6 Å². The number of nitrogens with zero attached hydrogens (tertiary/aromatic N) is 8. The summed E-state index contributed by atoms with van der Waals surface area (Å²) in [5.41, 5.74) is 7.73. The largest absolute Gasteiger partial charge is 0.394 e. The van der Waals surface area contributed by atoms with Crippen LogP contribution in [0.4, 0.5) is 0 Å². The minimum absolute atomic E-state index is 0.00700. The molecular formula is C54H53N15O10S6. The van der Waals surface area contributed by atoms with Crippen LogP contribution in [0.25, 0.3) is 43.4 Å². The average molecular weight is 1260 g/mol. The molecule has 2 aliphatic rings. The van der Waals surface area contributed by atoms with Gasteiger partial charge in [-0.2, -0.15) is 0 Å². The number of aromatic nitrogens is 7. The van der Waals surface area contributed by atoms with Crippen LogP contribution in [0.5, 0.6) is 0 Å². The van der Waals surface area contributed by atoms with E-state index in [1.165, 1.54) is 34.0 Å². The third kappa shape index (κ3) is 13.2. The second kappa shape index (κ2) is 26.0. The molecule has 10 N–H and O–H groups in total. The molecule has 2 aliphatic heterocycles. The van der Waals surface area contributed by atoms with Gasteiger partial charge in [-0.1, -0.05) is 44.2 Å². The van der Waals surface area contributed by atoms with Crippen molar-refractivity contribution in [3.63, 3.8) is 0 Å². The summed E-state index contributed by atoms with van der Waals surface area (Å²) in [7, 11) is 1.46. The zero-order valence-corrected chi connectivity index (χ0v) is 50.4. The summed E-state index contributed by atoms with van der Waals surface area (Å²) in [4.78, 5) is 143. The van der Waals surface area contributed by atoms with Gasteiger partial charge in [0, 0.05) is 50.9 Å². The molecule has 25 nitrogen and oxygen atoms in total. The fourth-order valence-corrected chi connectivity index (χ4v) is 14.6. The van der Waals surface area contributed by atoms with Gasteiger partial charge in [0.1, 0.15) is 94.1 Å². The van der Waals surface area contributed by atoms with Gasteiger partial charge in [-0.05, 0) is 43.4 Å². The van der Waals surface area contributed by atoms with E-state index in [9.17, 15) is 48.6 Å². The molecule has 7 aromatic heterocycles. The van der Waals surface area contributed by atoms with Crippen LogP contribution in [0.3, 0.4) is 0 Å². The van der Waals surface area contributed by atoms with Crippen molar-refractivity contribution in [2.24, 2.45) is 11.7 Å². The van der Waals surface area contributed by atoms with Gasteiger partial charge in [0.05, 0.1) is 37.4 Å². The smallest absolute Gasteiger partial charge is 0.271 e. The highest BCUT2D eigenvalue weighted by Crippen LogP contribution is 2.40. The van der Waals surface area contributed by atoms with Crippen molar-refractivity contribution >= 4 is 115 Å². The number of primary amides is 1. The van der Waals surface area contributed by atoms with Gasteiger partial charge in [0.2, 0.25) is 23.6 Å². The van der Waals surface area contributed by atoms with Gasteiger partial charge < -0.3 is 52.7 Å². The van der Waals surface area contributed by atoms with E-state index in [0.717, 1.165) is 56.7 Å². The summed E-state index contributed by atoms with van der Waals surface area (Å²) in [6.07, 6.45) is -0.632. The third-order valence-electron chi connectivity index (χ3n) is 13.7. The van der Waals surface area contributed by atoms with Crippen molar-refractivity contribution in [2.75, 3.05) is 26.7 Å². The maximum absolute atomic E-state index is 14.3. The van der Waals surface area contributed by atoms with Crippen molar-refractivity contribution < 1.29 is 48.6 Å². The van der Waals surface area contributed by atoms with E-state index in [-0.39, 0.29) is 57.4 Å². The predicted octanol–water partition coefficient (Wildman–Crippen LogP) is 4.73. The lowest BCUT2D eigenvalue weighted by Crippen LogP contribution is -2.54. The molecule has 9 heterocycles. The minimum atomic E-state index is -1.38. The molecule has 440 valence electrons. The Morgan fingerprint density at radius 1 is 0.718 bits per heavy atom. The SMILES string of the molecule is CNC(=O)C[C@H]1NC(=O)c2csc(n2)-c2ccc(-c3nc(C(=O)N[C@@H](CO)C(=O)N4CCC[C@H]4C(N)=O)cs3)nc2-c2csc(n2)-c2csc(n2)[C@H]([C@@H](O)c2ccccc2)NC(=O)CNC(=O)c2csc(n2)[C@H](C(C)C)NC(=O)c2nc1sc2C. The van der Waals surface area contributed by atoms with Gasteiger partial charge in [0.25, 0.3) is 23.6 Å². The number of carbonyl (C=O) groups is 8. The number of nitrogens with one attached hydrogen (secondary N) is 6. The van der Waals surface area contributed by atoms with E-state index in [4.69, 9.17) is 25.7 Å². The van der Waals surface area contributed by atoms with Crippen molar-refractivity contribution in [2.45, 2.75) is 76.3 Å². The van der Waals surface area contributed by atoms with Gasteiger partial charge >= 0.3 is 0 Å². The number of carbonyl (C=O) groups excluding carboxylic acids is 8. The molecule has 0 aliphatic carbocycles. The topological polar surface area (TPSA) is 369 Å². The Morgan fingerprint density at radius 3 is 2.13 bits per heavy atom. The Hall–Kier alpha value is -8.17. The molecule has 8 amide bonds. The number of aliphatic hydroxyl groups excluding tert-OH is 2. The summed E-state index contributed by atoms with van der Waals surface area (Å²) in [6, 6.07) is 7.03. The molecule has 0 radical (unpaired) electrons. The molecular weight excluding hydrogens is 1210 g/mol. The van der Waals surface area contributed by atoms with Crippen molar-refractivity contribution in [1.29, 1.82) is 0 Å². The number of likely N-dealkylation sites (tertiary alicyclic amines) is 1. The fourth-order valence-electron chi connectivity index (χ4n) is 9.26. The van der Waals surface area contributed by atoms with Crippen LogP contribution in [0.1, 0.15) is 125 Å². The van der Waals surface area contributed by atoms with Gasteiger partial charge in [0.15, 0.2) is 0 Å². The number of amides is 8. The normalized spacial score (nSPS) is 18.4. The summed E-state index contributed by atoms with van der Waals surface area (Å²) >= 11 is 6.87. The second-order valence-electron chi connectivity index (χ2n) is 19.8. The van der Waals surface area contributed by atoms with Gasteiger partial charge in [-0.15, -0.1) is 68.0 Å². The van der Waals surface area contributed by atoms with Gasteiger partial charge in [-0.3, -0.25) is 38.4 Å². The van der Waals surface area contributed by atoms with E-state index >= 15 is 0 Å². The summed E-state index contributed by atoms with van der Waals surface area (Å²) < 4.78 is 0. The van der Waals surface area contributed by atoms with E-state index in [1.807, 2.05) is 13.8 Å². The molecule has 10 bridgehead atoms. The molecule has 0 spiro atoms. The lowest BCUT2D eigenvalue weighted by Gasteiger charge is -2.26. The third-order valence-corrected chi connectivity index (χ3v) is 19.2. The maximum Gasteiger partial charge on any atom is 0.271 e. The summed E-state index contributed by atoms with van der Waals surface area (Å²) in [6.45, 7) is 4.42. The second-order valence-corrected chi connectivity index (χ2v) is 25.4. The first-order chi connectivity index (χ1) is 40.9. The fraction of sp³-hybridized carbons (Fsp3) is 0.315. The Balaban J connectivity index is 1.02. The highest BCUT2D eigenvalue weighted by Gasteiger charge is 2.38. The number of thiazole rings is 6. The summed E-state index contributed by atoms with van der Waals surface area (Å²) in [5.74, 6) is -5.26. The first kappa shape index (κ1) is 60.0. The molecule has 1 saturated heterocycles. The number of benzene rings is 1. The zero-order chi connectivity index (χ0) is 60.2. The Morgan fingerprint density at radius 2 is 1.39 bits per heavy atom. The Kier molecular flexibility index (Phi) is 18.3. The lowest BCUT2D eigenvalue weighted by molar-refractivity contribution is -0.139. The van der Waals surface area contributed by atoms with Crippen LogP contribution in [0.2, 0.25) is 0 Å². The predicted molar refractivity (Wildman–Crippen MR) is 318 cm³/mol. The lowest BCUT2D eigenvalue weighted by atomic mass is 10.0. The molecule has 8 aromatic rings. The molecule has 1 aromatic carbocycles. The molecule has 10 rings (SSSR count). The first-order valence-corrected chi connectivity index (χ1v) is 31.5. The highest BCUT2D eigenvalue weighted by molar-refractivity contribution is 7.15.